The number of methoxy groups -OCH3 is 1. The van der Waals surface area contributed by atoms with Gasteiger partial charge in [0.15, 0.2) is 6.04 Å². The second-order valence-corrected chi connectivity index (χ2v) is 7.32. The van der Waals surface area contributed by atoms with Gasteiger partial charge in [0.2, 0.25) is 0 Å². The zero-order chi connectivity index (χ0) is 19.4. The first-order chi connectivity index (χ1) is 13.0. The largest absolute Gasteiger partial charge is 0.497 e. The lowest BCUT2D eigenvalue weighted by Crippen LogP contribution is -3.19. The molecule has 0 spiro atoms. The molecular weight excluding hydrogens is 338 g/mol. The first kappa shape index (κ1) is 19.2. The number of anilines is 2. The Balaban J connectivity index is 1.57. The highest BCUT2D eigenvalue weighted by Gasteiger charge is 2.29. The van der Waals surface area contributed by atoms with Gasteiger partial charge in [-0.3, -0.25) is 4.79 Å². The number of benzene rings is 2. The number of para-hydroxylation sites is 1. The standard InChI is InChI=1S/C22H29N3O2/c1-16-6-5-7-17(2)21(16)23-22(26)18(3)24-12-14-25(15-13-24)19-8-10-20(27-4)11-9-19/h5-11,18H,12-15H2,1-4H3,(H,23,26)/p+1/t18-/m1/s1. The first-order valence-corrected chi connectivity index (χ1v) is 9.60. The van der Waals surface area contributed by atoms with Crippen molar-refractivity contribution in [3.05, 3.63) is 53.6 Å². The van der Waals surface area contributed by atoms with Crippen LogP contribution in [-0.4, -0.2) is 45.2 Å². The summed E-state index contributed by atoms with van der Waals surface area (Å²) in [7, 11) is 1.68. The number of aryl methyl sites for hydroxylation is 2. The predicted octanol–water partition coefficient (Wildman–Crippen LogP) is 2.04. The molecular formula is C22H30N3O2+. The predicted molar refractivity (Wildman–Crippen MR) is 110 cm³/mol. The van der Waals surface area contributed by atoms with Crippen LogP contribution in [0.1, 0.15) is 18.1 Å². The molecule has 3 rings (SSSR count). The normalized spacial score (nSPS) is 16.1. The van der Waals surface area contributed by atoms with E-state index in [9.17, 15) is 4.79 Å². The Bertz CT molecular complexity index is 760. The van der Waals surface area contributed by atoms with E-state index in [1.54, 1.807) is 7.11 Å². The van der Waals surface area contributed by atoms with E-state index in [1.807, 2.05) is 51.1 Å². The maximum atomic E-state index is 12.8. The molecule has 5 nitrogen and oxygen atoms in total. The Morgan fingerprint density at radius 2 is 1.67 bits per heavy atom. The Hall–Kier alpha value is -2.53. The first-order valence-electron chi connectivity index (χ1n) is 9.60. The molecule has 0 unspecified atom stereocenters. The lowest BCUT2D eigenvalue weighted by molar-refractivity contribution is -0.914. The van der Waals surface area contributed by atoms with Crippen LogP contribution in [0, 0.1) is 13.8 Å². The van der Waals surface area contributed by atoms with Crippen LogP contribution in [-0.2, 0) is 4.79 Å². The number of amides is 1. The summed E-state index contributed by atoms with van der Waals surface area (Å²) in [5, 5.41) is 3.14. The number of carbonyl (C=O) groups excluding carboxylic acids is 1. The van der Waals surface area contributed by atoms with E-state index in [4.69, 9.17) is 4.74 Å². The van der Waals surface area contributed by atoms with E-state index >= 15 is 0 Å². The van der Waals surface area contributed by atoms with E-state index in [2.05, 4.69) is 22.3 Å². The summed E-state index contributed by atoms with van der Waals surface area (Å²) >= 11 is 0. The number of nitrogens with zero attached hydrogens (tertiary/aromatic N) is 1. The van der Waals surface area contributed by atoms with Gasteiger partial charge in [0.25, 0.3) is 5.91 Å². The molecule has 0 aliphatic carbocycles. The summed E-state index contributed by atoms with van der Waals surface area (Å²) in [6.07, 6.45) is 0. The Morgan fingerprint density at radius 1 is 1.07 bits per heavy atom. The van der Waals surface area contributed by atoms with Crippen LogP contribution < -0.4 is 19.9 Å². The fourth-order valence-electron chi connectivity index (χ4n) is 3.71. The second-order valence-electron chi connectivity index (χ2n) is 7.32. The van der Waals surface area contributed by atoms with E-state index in [-0.39, 0.29) is 11.9 Å². The molecule has 1 heterocycles. The van der Waals surface area contributed by atoms with Crippen LogP contribution in [0.2, 0.25) is 0 Å². The SMILES string of the molecule is COc1ccc(N2CC[NH+]([C@H](C)C(=O)Nc3c(C)cccc3C)CC2)cc1. The van der Waals surface area contributed by atoms with Crippen LogP contribution in [0.4, 0.5) is 11.4 Å². The summed E-state index contributed by atoms with van der Waals surface area (Å²) in [5.41, 5.74) is 4.37. The molecule has 1 aliphatic rings. The Kier molecular flexibility index (Phi) is 6.01. The van der Waals surface area contributed by atoms with Crippen molar-refractivity contribution in [2.75, 3.05) is 43.5 Å². The van der Waals surface area contributed by atoms with E-state index < -0.39 is 0 Å². The fraction of sp³-hybridized carbons (Fsp3) is 0.409. The minimum atomic E-state index is -0.0676. The highest BCUT2D eigenvalue weighted by Crippen LogP contribution is 2.20. The fourth-order valence-corrected chi connectivity index (χ4v) is 3.71. The molecule has 0 aromatic heterocycles. The number of ether oxygens (including phenoxy) is 1. The molecule has 1 saturated heterocycles. The third kappa shape index (κ3) is 4.42. The van der Waals surface area contributed by atoms with Gasteiger partial charge in [-0.1, -0.05) is 18.2 Å². The van der Waals surface area contributed by atoms with Crippen molar-refractivity contribution in [3.63, 3.8) is 0 Å². The molecule has 0 saturated carbocycles. The number of hydrogen-bond acceptors (Lipinski definition) is 3. The van der Waals surface area contributed by atoms with Crippen LogP contribution in [0.25, 0.3) is 0 Å². The Morgan fingerprint density at radius 3 is 2.22 bits per heavy atom. The summed E-state index contributed by atoms with van der Waals surface area (Å²) in [4.78, 5) is 16.5. The molecule has 2 aromatic carbocycles. The molecule has 0 radical (unpaired) electrons. The average Bonchev–Trinajstić information content (AvgIpc) is 2.70. The van der Waals surface area contributed by atoms with Gasteiger partial charge in [0, 0.05) is 11.4 Å². The summed E-state index contributed by atoms with van der Waals surface area (Å²) in [6, 6.07) is 14.2. The topological polar surface area (TPSA) is 46.0 Å². The van der Waals surface area contributed by atoms with Gasteiger partial charge in [-0.2, -0.15) is 0 Å². The van der Waals surface area contributed by atoms with Crippen LogP contribution in [0.15, 0.2) is 42.5 Å². The number of carbonyl (C=O) groups is 1. The van der Waals surface area contributed by atoms with E-state index in [0.29, 0.717) is 0 Å². The molecule has 1 amide bonds. The maximum absolute atomic E-state index is 12.8. The smallest absolute Gasteiger partial charge is 0.282 e. The maximum Gasteiger partial charge on any atom is 0.282 e. The van der Waals surface area contributed by atoms with Crippen molar-refractivity contribution >= 4 is 17.3 Å². The zero-order valence-electron chi connectivity index (χ0n) is 16.7. The highest BCUT2D eigenvalue weighted by molar-refractivity contribution is 5.95. The Labute approximate surface area is 161 Å². The number of hydrogen-bond donors (Lipinski definition) is 2. The lowest BCUT2D eigenvalue weighted by atomic mass is 10.1. The molecule has 2 N–H and O–H groups in total. The monoisotopic (exact) mass is 368 g/mol. The third-order valence-corrected chi connectivity index (χ3v) is 5.58. The summed E-state index contributed by atoms with van der Waals surface area (Å²) in [6.45, 7) is 9.90. The number of piperazine rings is 1. The van der Waals surface area contributed by atoms with Crippen molar-refractivity contribution < 1.29 is 14.4 Å². The molecule has 27 heavy (non-hydrogen) atoms. The molecule has 5 heteroatoms. The van der Waals surface area contributed by atoms with Crippen molar-refractivity contribution in [1.29, 1.82) is 0 Å². The van der Waals surface area contributed by atoms with Crippen molar-refractivity contribution in [2.45, 2.75) is 26.8 Å². The third-order valence-electron chi connectivity index (χ3n) is 5.58. The van der Waals surface area contributed by atoms with E-state index in [0.717, 1.165) is 48.7 Å². The zero-order valence-corrected chi connectivity index (χ0v) is 16.7. The van der Waals surface area contributed by atoms with Gasteiger partial charge in [0.05, 0.1) is 33.3 Å². The number of quaternary nitrogens is 1. The molecule has 1 fully saturated rings. The van der Waals surface area contributed by atoms with E-state index in [1.165, 1.54) is 10.6 Å². The average molecular weight is 369 g/mol. The molecule has 2 aromatic rings. The number of rotatable bonds is 5. The quantitative estimate of drug-likeness (QED) is 0.849. The highest BCUT2D eigenvalue weighted by atomic mass is 16.5. The summed E-state index contributed by atoms with van der Waals surface area (Å²) in [5.74, 6) is 0.972. The van der Waals surface area contributed by atoms with Gasteiger partial charge >= 0.3 is 0 Å². The minimum absolute atomic E-state index is 0.0676. The molecule has 0 bridgehead atoms. The molecule has 1 atom stereocenters. The van der Waals surface area contributed by atoms with Crippen LogP contribution in [0.5, 0.6) is 5.75 Å². The van der Waals surface area contributed by atoms with Gasteiger partial charge in [-0.25, -0.2) is 0 Å². The molecule has 1 aliphatic heterocycles. The van der Waals surface area contributed by atoms with Gasteiger partial charge in [-0.15, -0.1) is 0 Å². The van der Waals surface area contributed by atoms with Gasteiger partial charge in [0.1, 0.15) is 5.75 Å². The van der Waals surface area contributed by atoms with Crippen LogP contribution >= 0.6 is 0 Å². The minimum Gasteiger partial charge on any atom is -0.497 e. The molecule has 144 valence electrons. The van der Waals surface area contributed by atoms with Crippen molar-refractivity contribution in [1.82, 2.24) is 0 Å². The van der Waals surface area contributed by atoms with Gasteiger partial charge in [-0.05, 0) is 56.2 Å². The number of nitrogens with one attached hydrogen (secondary N) is 2. The van der Waals surface area contributed by atoms with Gasteiger partial charge < -0.3 is 19.9 Å². The van der Waals surface area contributed by atoms with Crippen LogP contribution in [0.3, 0.4) is 0 Å². The summed E-state index contributed by atoms with van der Waals surface area (Å²) < 4.78 is 5.23. The lowest BCUT2D eigenvalue weighted by Gasteiger charge is -2.36. The van der Waals surface area contributed by atoms with Crippen molar-refractivity contribution in [2.24, 2.45) is 0 Å². The second kappa shape index (κ2) is 8.44. The van der Waals surface area contributed by atoms with Crippen molar-refractivity contribution in [3.8, 4) is 5.75 Å².